The normalized spacial score (nSPS) is 25.8. The van der Waals surface area contributed by atoms with E-state index in [0.29, 0.717) is 29.8 Å². The molecular weight excluding hydrogens is 979 g/mol. The number of esters is 2. The van der Waals surface area contributed by atoms with Gasteiger partial charge in [0.1, 0.15) is 42.1 Å². The summed E-state index contributed by atoms with van der Waals surface area (Å²) in [5, 5.41) is 22.9. The number of ketones is 1. The van der Waals surface area contributed by atoms with Crippen molar-refractivity contribution in [3.8, 4) is 5.75 Å². The number of benzene rings is 2. The number of rotatable bonds is 14. The van der Waals surface area contributed by atoms with Gasteiger partial charge in [-0.1, -0.05) is 92.1 Å². The summed E-state index contributed by atoms with van der Waals surface area (Å²) in [6, 6.07) is 7.12. The predicted molar refractivity (Wildman–Crippen MR) is 284 cm³/mol. The number of fused-ring (bicyclic) bond motifs is 1. The van der Waals surface area contributed by atoms with Crippen LogP contribution in [0.15, 0.2) is 54.6 Å². The van der Waals surface area contributed by atoms with Crippen molar-refractivity contribution in [3.05, 3.63) is 60.2 Å². The summed E-state index contributed by atoms with van der Waals surface area (Å²) in [6.07, 6.45) is -4.06. The van der Waals surface area contributed by atoms with E-state index in [1.54, 1.807) is 82.3 Å². The Hall–Kier alpha value is -6.57. The molecular formula is C56H83N7O13. The molecule has 2 saturated heterocycles. The highest BCUT2D eigenvalue weighted by atomic mass is 16.6. The highest BCUT2D eigenvalue weighted by Crippen LogP contribution is 2.26. The van der Waals surface area contributed by atoms with Crippen LogP contribution in [0.25, 0.3) is 0 Å². The first kappa shape index (κ1) is 62.0. The lowest BCUT2D eigenvalue weighted by Crippen LogP contribution is -2.61. The maximum absolute atomic E-state index is 14.9. The van der Waals surface area contributed by atoms with Crippen LogP contribution in [-0.4, -0.2) is 155 Å². The number of cyclic esters (lactones) is 2. The van der Waals surface area contributed by atoms with Crippen molar-refractivity contribution in [2.75, 3.05) is 33.1 Å². The van der Waals surface area contributed by atoms with Gasteiger partial charge in [0, 0.05) is 32.7 Å². The summed E-state index contributed by atoms with van der Waals surface area (Å²) < 4.78 is 17.2. The minimum atomic E-state index is -1.71. The molecule has 7 amide bonds. The number of nitrogens with one attached hydrogen (secondary N) is 4. The third kappa shape index (κ3) is 16.7. The van der Waals surface area contributed by atoms with Crippen molar-refractivity contribution in [1.82, 2.24) is 30.7 Å². The fourth-order valence-electron chi connectivity index (χ4n) is 9.48. The van der Waals surface area contributed by atoms with Gasteiger partial charge in [-0.3, -0.25) is 33.6 Å². The largest absolute Gasteiger partial charge is 0.497 e. The summed E-state index contributed by atoms with van der Waals surface area (Å²) in [4.78, 5) is 133. The molecule has 420 valence electrons. The van der Waals surface area contributed by atoms with E-state index in [1.807, 2.05) is 27.7 Å². The van der Waals surface area contributed by atoms with Crippen molar-refractivity contribution in [2.45, 2.75) is 169 Å². The van der Waals surface area contributed by atoms with Gasteiger partial charge >= 0.3 is 18.0 Å². The van der Waals surface area contributed by atoms with Crippen molar-refractivity contribution in [2.24, 2.45) is 29.6 Å². The molecule has 0 aliphatic carbocycles. The molecule has 0 spiro atoms. The van der Waals surface area contributed by atoms with Gasteiger partial charge in [0.25, 0.3) is 0 Å². The van der Waals surface area contributed by atoms with Gasteiger partial charge in [-0.15, -0.1) is 0 Å². The Morgan fingerprint density at radius 2 is 1.51 bits per heavy atom. The Labute approximate surface area is 448 Å². The van der Waals surface area contributed by atoms with E-state index >= 15 is 0 Å². The van der Waals surface area contributed by atoms with Crippen LogP contribution < -0.4 is 26.0 Å². The molecule has 20 heteroatoms. The zero-order valence-corrected chi connectivity index (χ0v) is 46.6. The van der Waals surface area contributed by atoms with E-state index in [-0.39, 0.29) is 44.1 Å². The van der Waals surface area contributed by atoms with Crippen LogP contribution in [0.5, 0.6) is 5.75 Å². The Balaban J connectivity index is 1.88. The van der Waals surface area contributed by atoms with Gasteiger partial charge in [-0.25, -0.2) is 9.59 Å². The van der Waals surface area contributed by atoms with Gasteiger partial charge in [0.05, 0.1) is 31.6 Å². The molecule has 2 aromatic rings. The van der Waals surface area contributed by atoms with Crippen LogP contribution in [0.4, 0.5) is 10.5 Å². The Kier molecular flexibility index (Phi) is 23.3. The molecule has 0 saturated carbocycles. The third-order valence-electron chi connectivity index (χ3n) is 14.3. The number of carbonyl (C=O) groups is 9. The fourth-order valence-corrected chi connectivity index (χ4v) is 9.48. The summed E-state index contributed by atoms with van der Waals surface area (Å²) in [6.45, 7) is 17.1. The second kappa shape index (κ2) is 28.5. The van der Waals surface area contributed by atoms with Crippen molar-refractivity contribution in [3.63, 3.8) is 0 Å². The molecule has 20 nitrogen and oxygen atoms in total. The van der Waals surface area contributed by atoms with Crippen molar-refractivity contribution >= 4 is 59.0 Å². The molecule has 2 aliphatic rings. The molecule has 11 atom stereocenters. The van der Waals surface area contributed by atoms with E-state index in [1.165, 1.54) is 49.8 Å². The van der Waals surface area contributed by atoms with Gasteiger partial charge in [0.2, 0.25) is 29.5 Å². The Morgan fingerprint density at radius 3 is 2.09 bits per heavy atom. The van der Waals surface area contributed by atoms with E-state index in [9.17, 15) is 48.3 Å². The number of ether oxygens (including phenoxy) is 3. The lowest BCUT2D eigenvalue weighted by molar-refractivity contribution is -0.163. The molecule has 0 aromatic heterocycles. The van der Waals surface area contributed by atoms with Gasteiger partial charge in [0.15, 0.2) is 11.9 Å². The van der Waals surface area contributed by atoms with Crippen LogP contribution in [0.2, 0.25) is 0 Å². The molecule has 76 heavy (non-hydrogen) atoms. The lowest BCUT2D eigenvalue weighted by Gasteiger charge is -2.36. The predicted octanol–water partition coefficient (Wildman–Crippen LogP) is 4.65. The minimum Gasteiger partial charge on any atom is -0.497 e. The first-order valence-corrected chi connectivity index (χ1v) is 26.6. The number of aliphatic hydroxyl groups is 1. The molecule has 0 radical (unpaired) electrons. The van der Waals surface area contributed by atoms with Gasteiger partial charge in [-0.05, 0) is 93.0 Å². The standard InChI is InChI=1S/C56H83N7O13/c1-14-34(8)46-44(64)30-45(65)76-49(33(6)7)48(66)35(9)50(67)58-40(27-31(2)3)53(70)63-26-18-21-41(63)54(71)61(11)43(29-37-22-24-39(74-13)25-23-37)55(72)75-36(10)47(52(69)59-46)60-51(68)42(28-32(4)5)62(12)56(73)57-38-19-16-15-17-20-38/h15-17,19-20,22-25,31-36,40-44,46-47,49,64H,14,18,21,26-30H2,1-13H3,(H,57,73)(H,58,67)(H,59,69)(H,60,68)/t34-,35-,36+,40-,41-,42+,43-,44-,46+,47+,49-/m0/s1. The monoisotopic (exact) mass is 1060 g/mol. The molecule has 4 rings (SSSR count). The van der Waals surface area contributed by atoms with E-state index < -0.39 is 132 Å². The van der Waals surface area contributed by atoms with E-state index in [0.717, 1.165) is 0 Å². The zero-order chi connectivity index (χ0) is 56.7. The molecule has 5 N–H and O–H groups in total. The first-order chi connectivity index (χ1) is 35.8. The van der Waals surface area contributed by atoms with Crippen LogP contribution >= 0.6 is 0 Å². The molecule has 2 aliphatic heterocycles. The topological polar surface area (TPSA) is 259 Å². The summed E-state index contributed by atoms with van der Waals surface area (Å²) in [5.41, 5.74) is 1.07. The number of Topliss-reactive ketones (excluding diaryl/α,β-unsaturated/α-hetero) is 1. The van der Waals surface area contributed by atoms with Crippen LogP contribution in [-0.2, 0) is 54.3 Å². The average Bonchev–Trinajstić information content (AvgIpc) is 3.87. The number of likely N-dealkylation sites (N-methyl/N-ethyl adjacent to an activating group) is 2. The summed E-state index contributed by atoms with van der Waals surface area (Å²) in [7, 11) is 4.35. The smallest absolute Gasteiger partial charge is 0.329 e. The molecule has 2 fully saturated rings. The van der Waals surface area contributed by atoms with Gasteiger partial charge < -0.3 is 55.3 Å². The number of para-hydroxylation sites is 1. The molecule has 2 heterocycles. The second-order valence-electron chi connectivity index (χ2n) is 21.5. The summed E-state index contributed by atoms with van der Waals surface area (Å²) in [5.74, 6) is -8.66. The molecule has 2 aromatic carbocycles. The van der Waals surface area contributed by atoms with Crippen molar-refractivity contribution in [1.29, 1.82) is 0 Å². The fraction of sp³-hybridized carbons (Fsp3) is 0.625. The number of hydrogen-bond acceptors (Lipinski definition) is 13. The van der Waals surface area contributed by atoms with E-state index in [2.05, 4.69) is 21.3 Å². The van der Waals surface area contributed by atoms with E-state index in [4.69, 9.17) is 14.2 Å². The number of aliphatic hydroxyl groups excluding tert-OH is 1. The quantitative estimate of drug-likeness (QED) is 0.128. The zero-order valence-electron chi connectivity index (χ0n) is 46.6. The number of urea groups is 1. The van der Waals surface area contributed by atoms with Gasteiger partial charge in [-0.2, -0.15) is 0 Å². The number of anilines is 1. The maximum Gasteiger partial charge on any atom is 0.329 e. The Bertz CT molecular complexity index is 2330. The van der Waals surface area contributed by atoms with Crippen LogP contribution in [0.1, 0.15) is 113 Å². The number of hydrogen-bond donors (Lipinski definition) is 5. The third-order valence-corrected chi connectivity index (χ3v) is 14.3. The maximum atomic E-state index is 14.9. The first-order valence-electron chi connectivity index (χ1n) is 26.6. The number of methoxy groups -OCH3 is 1. The lowest BCUT2D eigenvalue weighted by atomic mass is 9.91. The van der Waals surface area contributed by atoms with Crippen molar-refractivity contribution < 1.29 is 62.5 Å². The minimum absolute atomic E-state index is 0.104. The Morgan fingerprint density at radius 1 is 0.868 bits per heavy atom. The summed E-state index contributed by atoms with van der Waals surface area (Å²) >= 11 is 0. The SMILES string of the molecule is CC[C@H](C)[C@H]1NC(=O)[C@H](NC(=O)[C@@H](CC(C)C)N(C)C(=O)Nc2ccccc2)[C@@H](C)OC(=O)[C@H](Cc2ccc(OC)cc2)N(C)C(=O)[C@@H]2CCCN2C(=O)[C@H](CC(C)C)NC(=O)[C@@H](C)C(=O)[C@H](C(C)C)OC(=O)C[C@@H]1O. The van der Waals surface area contributed by atoms with Crippen LogP contribution in [0, 0.1) is 29.6 Å². The number of nitrogens with zero attached hydrogens (tertiary/aromatic N) is 3. The molecule has 0 unspecified atom stereocenters. The highest BCUT2D eigenvalue weighted by Gasteiger charge is 2.45. The number of amides is 7. The average molecular weight is 1060 g/mol. The second-order valence-corrected chi connectivity index (χ2v) is 21.5. The number of carbonyl (C=O) groups excluding carboxylic acids is 9. The molecule has 0 bridgehead atoms. The van der Waals surface area contributed by atoms with Crippen LogP contribution in [0.3, 0.4) is 0 Å². The highest BCUT2D eigenvalue weighted by molar-refractivity contribution is 6.05.